The van der Waals surface area contributed by atoms with Crippen LogP contribution >= 0.6 is 0 Å². The van der Waals surface area contributed by atoms with Gasteiger partial charge in [0.05, 0.1) is 26.2 Å². The van der Waals surface area contributed by atoms with Crippen LogP contribution in [0.15, 0.2) is 0 Å². The molecule has 0 radical (unpaired) electrons. The summed E-state index contributed by atoms with van der Waals surface area (Å²) in [6.45, 7) is 8.27. The van der Waals surface area contributed by atoms with E-state index in [9.17, 15) is 0 Å². The Morgan fingerprint density at radius 3 is 2.07 bits per heavy atom. The summed E-state index contributed by atoms with van der Waals surface area (Å²) in [6.07, 6.45) is 12.0. The molecule has 0 atom stereocenters. The van der Waals surface area contributed by atoms with Gasteiger partial charge in [-0.1, -0.05) is 19.3 Å². The molecule has 0 N–H and O–H groups in total. The summed E-state index contributed by atoms with van der Waals surface area (Å²) in [7, 11) is 0. The van der Waals surface area contributed by atoms with Crippen LogP contribution in [0.3, 0.4) is 0 Å². The van der Waals surface area contributed by atoms with Crippen LogP contribution in [-0.4, -0.2) is 30.7 Å². The lowest BCUT2D eigenvalue weighted by Gasteiger charge is -2.43. The first-order valence-electron chi connectivity index (χ1n) is 7.20. The van der Waals surface area contributed by atoms with Crippen molar-refractivity contribution < 1.29 is 4.48 Å². The molecule has 0 amide bonds. The van der Waals surface area contributed by atoms with Gasteiger partial charge in [-0.25, -0.2) is 0 Å². The van der Waals surface area contributed by atoms with Crippen molar-refractivity contribution in [2.24, 2.45) is 5.92 Å². The quantitative estimate of drug-likeness (QED) is 0.625. The van der Waals surface area contributed by atoms with Gasteiger partial charge in [0.25, 0.3) is 0 Å². The van der Waals surface area contributed by atoms with Crippen molar-refractivity contribution in [1.82, 2.24) is 0 Å². The third-order valence-electron chi connectivity index (χ3n) is 4.81. The molecule has 2 aliphatic rings. The molecule has 1 nitrogen and oxygen atoms in total. The average Bonchev–Trinajstić information content (AvgIpc) is 2.32. The van der Waals surface area contributed by atoms with E-state index in [0.29, 0.717) is 0 Å². The van der Waals surface area contributed by atoms with E-state index >= 15 is 0 Å². The molecule has 1 aliphatic heterocycles. The molecule has 0 bridgehead atoms. The van der Waals surface area contributed by atoms with Crippen molar-refractivity contribution in [2.75, 3.05) is 26.2 Å². The van der Waals surface area contributed by atoms with Gasteiger partial charge in [0.15, 0.2) is 0 Å². The zero-order valence-corrected chi connectivity index (χ0v) is 10.5. The summed E-state index contributed by atoms with van der Waals surface area (Å²) in [5, 5.41) is 0. The number of hydrogen-bond donors (Lipinski definition) is 0. The van der Waals surface area contributed by atoms with Gasteiger partial charge >= 0.3 is 0 Å². The maximum absolute atomic E-state index is 2.41. The van der Waals surface area contributed by atoms with Crippen LogP contribution in [-0.2, 0) is 0 Å². The van der Waals surface area contributed by atoms with Crippen LogP contribution in [0.25, 0.3) is 0 Å². The van der Waals surface area contributed by atoms with E-state index < -0.39 is 0 Å². The number of quaternary nitrogens is 1. The van der Waals surface area contributed by atoms with Crippen molar-refractivity contribution in [1.29, 1.82) is 0 Å². The highest BCUT2D eigenvalue weighted by Crippen LogP contribution is 2.29. The smallest absolute Gasteiger partial charge is 0.0815 e. The molecule has 1 aliphatic carbocycles. The second-order valence-electron chi connectivity index (χ2n) is 5.85. The van der Waals surface area contributed by atoms with E-state index in [4.69, 9.17) is 0 Å². The number of nitrogens with zero attached hydrogens (tertiary/aromatic N) is 1. The molecule has 1 heterocycles. The molecule has 15 heavy (non-hydrogen) atoms. The average molecular weight is 210 g/mol. The van der Waals surface area contributed by atoms with E-state index in [-0.39, 0.29) is 0 Å². The largest absolute Gasteiger partial charge is 0.324 e. The Kier molecular flexibility index (Phi) is 4.07. The first kappa shape index (κ1) is 11.4. The van der Waals surface area contributed by atoms with Crippen molar-refractivity contribution in [3.05, 3.63) is 0 Å². The topological polar surface area (TPSA) is 0 Å². The Hall–Kier alpha value is -0.0400. The monoisotopic (exact) mass is 210 g/mol. The van der Waals surface area contributed by atoms with Crippen LogP contribution < -0.4 is 0 Å². The van der Waals surface area contributed by atoms with E-state index in [1.807, 2.05) is 0 Å². The van der Waals surface area contributed by atoms with Crippen LogP contribution in [0.2, 0.25) is 0 Å². The third-order valence-corrected chi connectivity index (χ3v) is 4.81. The second kappa shape index (κ2) is 5.34. The maximum atomic E-state index is 2.41. The van der Waals surface area contributed by atoms with Crippen LogP contribution in [0.5, 0.6) is 0 Å². The van der Waals surface area contributed by atoms with Gasteiger partial charge in [-0.15, -0.1) is 0 Å². The molecular weight excluding hydrogens is 182 g/mol. The minimum Gasteiger partial charge on any atom is -0.324 e. The zero-order valence-electron chi connectivity index (χ0n) is 10.5. The molecule has 2 fully saturated rings. The minimum absolute atomic E-state index is 1.07. The van der Waals surface area contributed by atoms with E-state index in [0.717, 1.165) is 5.92 Å². The predicted octanol–water partition coefficient (Wildman–Crippen LogP) is 3.59. The highest BCUT2D eigenvalue weighted by Gasteiger charge is 2.31. The second-order valence-corrected chi connectivity index (χ2v) is 5.85. The fourth-order valence-electron chi connectivity index (χ4n) is 3.73. The standard InChI is InChI=1S/C14H28N/c1-2-15(11-7-4-8-12-15)13-14-9-5-3-6-10-14/h14H,2-13H2,1H3/q+1. The van der Waals surface area contributed by atoms with E-state index in [1.54, 1.807) is 0 Å². The van der Waals surface area contributed by atoms with Gasteiger partial charge in [-0.2, -0.15) is 0 Å². The molecule has 0 aromatic heterocycles. The Morgan fingerprint density at radius 1 is 0.867 bits per heavy atom. The Labute approximate surface area is 95.4 Å². The summed E-state index contributed by atoms with van der Waals surface area (Å²) in [5.74, 6) is 1.07. The molecule has 0 unspecified atom stereocenters. The number of likely N-dealkylation sites (tertiary alicyclic amines) is 1. The molecule has 2 rings (SSSR count). The summed E-state index contributed by atoms with van der Waals surface area (Å²) in [5.41, 5.74) is 0. The molecule has 88 valence electrons. The van der Waals surface area contributed by atoms with Crippen LogP contribution in [0.4, 0.5) is 0 Å². The van der Waals surface area contributed by atoms with Crippen molar-refractivity contribution in [3.8, 4) is 0 Å². The Balaban J connectivity index is 1.87. The lowest BCUT2D eigenvalue weighted by molar-refractivity contribution is -0.934. The van der Waals surface area contributed by atoms with E-state index in [2.05, 4.69) is 6.92 Å². The minimum atomic E-state index is 1.07. The predicted molar refractivity (Wildman–Crippen MR) is 65.8 cm³/mol. The highest BCUT2D eigenvalue weighted by molar-refractivity contribution is 4.67. The molecular formula is C14H28N+. The summed E-state index contributed by atoms with van der Waals surface area (Å²) in [6, 6.07) is 0. The normalized spacial score (nSPS) is 27.8. The molecule has 0 aromatic rings. The molecule has 0 spiro atoms. The summed E-state index contributed by atoms with van der Waals surface area (Å²) >= 11 is 0. The van der Waals surface area contributed by atoms with Crippen LogP contribution in [0, 0.1) is 5.92 Å². The van der Waals surface area contributed by atoms with Gasteiger partial charge in [-0.05, 0) is 39.0 Å². The maximum Gasteiger partial charge on any atom is 0.0815 e. The first-order valence-corrected chi connectivity index (χ1v) is 7.20. The van der Waals surface area contributed by atoms with Crippen molar-refractivity contribution >= 4 is 0 Å². The Bertz CT molecular complexity index is 176. The molecule has 0 aromatic carbocycles. The number of piperidine rings is 1. The number of rotatable bonds is 3. The fraction of sp³-hybridized carbons (Fsp3) is 1.00. The van der Waals surface area contributed by atoms with E-state index in [1.165, 1.54) is 82.0 Å². The van der Waals surface area contributed by atoms with Crippen molar-refractivity contribution in [2.45, 2.75) is 58.3 Å². The SMILES string of the molecule is CC[N+]1(CC2CCCCC2)CCCCC1. The molecule has 1 saturated heterocycles. The van der Waals surface area contributed by atoms with Gasteiger partial charge in [0, 0.05) is 5.92 Å². The lowest BCUT2D eigenvalue weighted by Crippen LogP contribution is -2.53. The molecule has 1 heteroatoms. The number of hydrogen-bond acceptors (Lipinski definition) is 0. The zero-order chi connectivity index (χ0) is 10.6. The van der Waals surface area contributed by atoms with Gasteiger partial charge in [-0.3, -0.25) is 0 Å². The molecule has 1 saturated carbocycles. The Morgan fingerprint density at radius 2 is 1.47 bits per heavy atom. The summed E-state index contributed by atoms with van der Waals surface area (Å²) < 4.78 is 1.46. The highest BCUT2D eigenvalue weighted by atomic mass is 15.4. The third kappa shape index (κ3) is 2.96. The first-order chi connectivity index (χ1) is 7.35. The van der Waals surface area contributed by atoms with Gasteiger partial charge in [0.1, 0.15) is 0 Å². The van der Waals surface area contributed by atoms with Gasteiger partial charge < -0.3 is 4.48 Å². The van der Waals surface area contributed by atoms with Crippen molar-refractivity contribution in [3.63, 3.8) is 0 Å². The van der Waals surface area contributed by atoms with Gasteiger partial charge in [0.2, 0.25) is 0 Å². The lowest BCUT2D eigenvalue weighted by atomic mass is 9.87. The summed E-state index contributed by atoms with van der Waals surface area (Å²) in [4.78, 5) is 0. The fourth-order valence-corrected chi connectivity index (χ4v) is 3.73. The van der Waals surface area contributed by atoms with Crippen LogP contribution in [0.1, 0.15) is 58.3 Å².